The van der Waals surface area contributed by atoms with Crippen LogP contribution in [0.3, 0.4) is 0 Å². The molecule has 0 unspecified atom stereocenters. The molecule has 0 N–H and O–H groups in total. The molecular weight excluding hydrogens is 133 g/mol. The van der Waals surface area contributed by atoms with Gasteiger partial charge in [-0.15, -0.1) is 12.1 Å². The van der Waals surface area contributed by atoms with E-state index < -0.39 is 0 Å². The quantitative estimate of drug-likeness (QED) is 0.345. The molecule has 0 aliphatic rings. The normalized spacial score (nSPS) is 7.64. The van der Waals surface area contributed by atoms with E-state index in [9.17, 15) is 0 Å². The van der Waals surface area contributed by atoms with Crippen molar-refractivity contribution >= 4 is 0 Å². The summed E-state index contributed by atoms with van der Waals surface area (Å²) in [5, 5.41) is 8.43. The summed E-state index contributed by atoms with van der Waals surface area (Å²) < 4.78 is 4.87. The SMILES string of the molecule is COc1c[c-]cc(C#N)c1.[Li+]. The molecule has 0 aromatic heterocycles. The molecular formula is C8H6LiNO. The largest absolute Gasteiger partial charge is 1.00 e. The van der Waals surface area contributed by atoms with Gasteiger partial charge in [-0.3, -0.25) is 0 Å². The molecule has 0 fully saturated rings. The van der Waals surface area contributed by atoms with Crippen molar-refractivity contribution in [3.8, 4) is 11.8 Å². The van der Waals surface area contributed by atoms with E-state index in [1.54, 1.807) is 25.3 Å². The van der Waals surface area contributed by atoms with Gasteiger partial charge in [0, 0.05) is 11.8 Å². The Morgan fingerprint density at radius 3 is 2.82 bits per heavy atom. The Bertz CT molecular complexity index is 267. The number of rotatable bonds is 1. The number of benzene rings is 1. The first-order valence-corrected chi connectivity index (χ1v) is 2.82. The topological polar surface area (TPSA) is 33.0 Å². The van der Waals surface area contributed by atoms with Crippen LogP contribution in [0.4, 0.5) is 0 Å². The van der Waals surface area contributed by atoms with Crippen LogP contribution in [0.15, 0.2) is 18.2 Å². The minimum Gasteiger partial charge on any atom is -0.554 e. The fraction of sp³-hybridized carbons (Fsp3) is 0.125. The number of nitriles is 1. The van der Waals surface area contributed by atoms with Crippen LogP contribution in [0.25, 0.3) is 0 Å². The fourth-order valence-electron chi connectivity index (χ4n) is 0.633. The monoisotopic (exact) mass is 139 g/mol. The maximum Gasteiger partial charge on any atom is 1.00 e. The molecule has 50 valence electrons. The Morgan fingerprint density at radius 2 is 2.27 bits per heavy atom. The molecule has 0 heterocycles. The first-order valence-electron chi connectivity index (χ1n) is 2.82. The minimum atomic E-state index is 0. The molecule has 0 bridgehead atoms. The Hall–Kier alpha value is -0.893. The van der Waals surface area contributed by atoms with Gasteiger partial charge in [0.05, 0.1) is 7.11 Å². The zero-order chi connectivity index (χ0) is 7.40. The molecule has 0 atom stereocenters. The summed E-state index contributed by atoms with van der Waals surface area (Å²) in [7, 11) is 1.56. The second-order valence-electron chi connectivity index (χ2n) is 1.77. The minimum absolute atomic E-state index is 0. The average molecular weight is 139 g/mol. The fourth-order valence-corrected chi connectivity index (χ4v) is 0.633. The molecule has 0 aliphatic heterocycles. The predicted octanol–water partition coefficient (Wildman–Crippen LogP) is -1.63. The summed E-state index contributed by atoms with van der Waals surface area (Å²) in [5.74, 6) is 0.666. The van der Waals surface area contributed by atoms with Crippen LogP contribution in [0.5, 0.6) is 5.75 Å². The second kappa shape index (κ2) is 4.85. The van der Waals surface area contributed by atoms with Crippen molar-refractivity contribution in [2.45, 2.75) is 0 Å². The van der Waals surface area contributed by atoms with E-state index in [-0.39, 0.29) is 18.9 Å². The van der Waals surface area contributed by atoms with Gasteiger partial charge in [0.1, 0.15) is 0 Å². The maximum absolute atomic E-state index is 8.43. The van der Waals surface area contributed by atoms with Crippen LogP contribution < -0.4 is 23.6 Å². The zero-order valence-corrected chi connectivity index (χ0v) is 6.59. The molecule has 2 nitrogen and oxygen atoms in total. The van der Waals surface area contributed by atoms with E-state index in [0.29, 0.717) is 11.3 Å². The van der Waals surface area contributed by atoms with Gasteiger partial charge in [-0.05, 0) is 0 Å². The first kappa shape index (κ1) is 10.1. The van der Waals surface area contributed by atoms with Gasteiger partial charge in [-0.2, -0.15) is 12.1 Å². The van der Waals surface area contributed by atoms with Crippen molar-refractivity contribution in [3.05, 3.63) is 29.8 Å². The molecule has 0 saturated heterocycles. The van der Waals surface area contributed by atoms with Crippen molar-refractivity contribution in [2.75, 3.05) is 7.11 Å². The zero-order valence-electron chi connectivity index (χ0n) is 6.59. The third-order valence-corrected chi connectivity index (χ3v) is 1.13. The standard InChI is InChI=1S/C8H6NO.Li/c1-10-8-4-2-3-7(5-8)6-9;/h3-5H,1H3;/q-1;+1. The third-order valence-electron chi connectivity index (χ3n) is 1.13. The molecule has 0 aliphatic carbocycles. The van der Waals surface area contributed by atoms with Gasteiger partial charge < -0.3 is 4.74 Å². The van der Waals surface area contributed by atoms with E-state index in [1.165, 1.54) is 0 Å². The van der Waals surface area contributed by atoms with E-state index in [1.807, 2.05) is 6.07 Å². The third kappa shape index (κ3) is 2.68. The smallest absolute Gasteiger partial charge is 0.554 e. The summed E-state index contributed by atoms with van der Waals surface area (Å²) in [4.78, 5) is 0. The predicted molar refractivity (Wildman–Crippen MR) is 36.5 cm³/mol. The summed E-state index contributed by atoms with van der Waals surface area (Å²) >= 11 is 0. The molecule has 1 aromatic carbocycles. The van der Waals surface area contributed by atoms with Gasteiger partial charge in [0.2, 0.25) is 0 Å². The average Bonchev–Trinajstić information content (AvgIpc) is 2.05. The van der Waals surface area contributed by atoms with Crippen LogP contribution in [0.1, 0.15) is 5.56 Å². The molecule has 3 heteroatoms. The van der Waals surface area contributed by atoms with Crippen molar-refractivity contribution in [1.29, 1.82) is 5.26 Å². The number of hydrogen-bond donors (Lipinski definition) is 0. The van der Waals surface area contributed by atoms with E-state index in [2.05, 4.69) is 6.07 Å². The van der Waals surface area contributed by atoms with Gasteiger partial charge in [0.25, 0.3) is 0 Å². The summed E-state index contributed by atoms with van der Waals surface area (Å²) in [6, 6.07) is 9.73. The van der Waals surface area contributed by atoms with Crippen LogP contribution in [-0.4, -0.2) is 7.11 Å². The van der Waals surface area contributed by atoms with Crippen molar-refractivity contribution in [3.63, 3.8) is 0 Å². The Kier molecular flexibility index (Phi) is 4.46. The second-order valence-corrected chi connectivity index (χ2v) is 1.77. The molecule has 1 aromatic rings. The summed E-state index contributed by atoms with van der Waals surface area (Å²) in [5.41, 5.74) is 0.569. The summed E-state index contributed by atoms with van der Waals surface area (Å²) in [6.07, 6.45) is 0. The van der Waals surface area contributed by atoms with Crippen molar-refractivity contribution in [1.82, 2.24) is 0 Å². The molecule has 1 rings (SSSR count). The first-order chi connectivity index (χ1) is 4.86. The van der Waals surface area contributed by atoms with Gasteiger partial charge in [0.15, 0.2) is 0 Å². The van der Waals surface area contributed by atoms with E-state index >= 15 is 0 Å². The Labute approximate surface area is 78.0 Å². The number of ether oxygens (including phenoxy) is 1. The molecule has 0 saturated carbocycles. The van der Waals surface area contributed by atoms with Gasteiger partial charge >= 0.3 is 18.9 Å². The Balaban J connectivity index is 0.000001000. The van der Waals surface area contributed by atoms with Crippen LogP contribution >= 0.6 is 0 Å². The number of hydrogen-bond acceptors (Lipinski definition) is 2. The van der Waals surface area contributed by atoms with Crippen LogP contribution in [0.2, 0.25) is 0 Å². The molecule has 0 radical (unpaired) electrons. The van der Waals surface area contributed by atoms with Crippen molar-refractivity contribution < 1.29 is 23.6 Å². The number of methoxy groups -OCH3 is 1. The van der Waals surface area contributed by atoms with Crippen molar-refractivity contribution in [2.24, 2.45) is 0 Å². The van der Waals surface area contributed by atoms with E-state index in [0.717, 1.165) is 0 Å². The molecule has 0 amide bonds. The van der Waals surface area contributed by atoms with Crippen LogP contribution in [0, 0.1) is 17.4 Å². The molecule has 11 heavy (non-hydrogen) atoms. The summed E-state index contributed by atoms with van der Waals surface area (Å²) in [6.45, 7) is 0. The van der Waals surface area contributed by atoms with Gasteiger partial charge in [-0.25, -0.2) is 5.26 Å². The Morgan fingerprint density at radius 1 is 1.55 bits per heavy atom. The number of nitrogens with zero attached hydrogens (tertiary/aromatic N) is 1. The van der Waals surface area contributed by atoms with Gasteiger partial charge in [-0.1, -0.05) is 5.56 Å². The molecule has 0 spiro atoms. The van der Waals surface area contributed by atoms with E-state index in [4.69, 9.17) is 10.00 Å². The van der Waals surface area contributed by atoms with Crippen LogP contribution in [-0.2, 0) is 0 Å². The maximum atomic E-state index is 8.43.